The highest BCUT2D eigenvalue weighted by atomic mass is 32.1. The second-order valence-corrected chi connectivity index (χ2v) is 8.10. The first-order chi connectivity index (χ1) is 13.4. The molecule has 1 saturated carbocycles. The Bertz CT molecular complexity index is 905. The molecule has 0 aliphatic heterocycles. The molecule has 1 heterocycles. The van der Waals surface area contributed by atoms with Crippen LogP contribution in [0.2, 0.25) is 0 Å². The van der Waals surface area contributed by atoms with Gasteiger partial charge in [-0.25, -0.2) is 9.78 Å². The van der Waals surface area contributed by atoms with Crippen LogP contribution in [0.4, 0.5) is 0 Å². The molecule has 0 radical (unpaired) electrons. The van der Waals surface area contributed by atoms with Crippen LogP contribution >= 0.6 is 11.3 Å². The maximum absolute atomic E-state index is 12.7. The van der Waals surface area contributed by atoms with Crippen LogP contribution in [0.15, 0.2) is 30.3 Å². The summed E-state index contributed by atoms with van der Waals surface area (Å²) in [5, 5.41) is 10.3. The Kier molecular flexibility index (Phi) is 6.10. The van der Waals surface area contributed by atoms with Gasteiger partial charge in [-0.3, -0.25) is 4.79 Å². The van der Waals surface area contributed by atoms with Gasteiger partial charge in [-0.2, -0.15) is 5.26 Å². The smallest absolute Gasteiger partial charge is 0.331 e. The number of ether oxygens (including phenoxy) is 1. The highest BCUT2D eigenvalue weighted by Crippen LogP contribution is 2.33. The van der Waals surface area contributed by atoms with Crippen molar-refractivity contribution in [3.8, 4) is 6.07 Å². The molecule has 1 aliphatic rings. The molecule has 1 aromatic carbocycles. The number of nitriles is 1. The van der Waals surface area contributed by atoms with Crippen molar-refractivity contribution in [2.45, 2.75) is 50.7 Å². The average molecular weight is 398 g/mol. The molecule has 28 heavy (non-hydrogen) atoms. The van der Waals surface area contributed by atoms with Crippen LogP contribution in [-0.4, -0.2) is 40.5 Å². The molecule has 1 aromatic heterocycles. The first kappa shape index (κ1) is 20.0. The third-order valence-corrected chi connectivity index (χ3v) is 6.18. The van der Waals surface area contributed by atoms with E-state index in [0.717, 1.165) is 29.5 Å². The monoisotopic (exact) mass is 397 g/mol. The summed E-state index contributed by atoms with van der Waals surface area (Å²) >= 11 is 1.47. The first-order valence-electron chi connectivity index (χ1n) is 9.38. The summed E-state index contributed by atoms with van der Waals surface area (Å²) in [5.74, 6) is -0.964. The summed E-state index contributed by atoms with van der Waals surface area (Å²) in [7, 11) is 1.62. The molecular weight excluding hydrogens is 374 g/mol. The lowest BCUT2D eigenvalue weighted by Crippen LogP contribution is -2.53. The fourth-order valence-electron chi connectivity index (χ4n) is 3.51. The SMILES string of the molecule is C[C@H](OC(=O)/C=C/c1nc2ccccc2s1)C(=O)N(C)C1(C#N)CCCCC1. The normalized spacial score (nSPS) is 17.2. The first-order valence-corrected chi connectivity index (χ1v) is 10.2. The molecule has 1 aliphatic carbocycles. The van der Waals surface area contributed by atoms with Crippen LogP contribution in [0.1, 0.15) is 44.0 Å². The van der Waals surface area contributed by atoms with Crippen LogP contribution < -0.4 is 0 Å². The second kappa shape index (κ2) is 8.53. The zero-order valence-corrected chi connectivity index (χ0v) is 16.9. The molecule has 0 unspecified atom stereocenters. The fourth-order valence-corrected chi connectivity index (χ4v) is 4.38. The molecule has 0 saturated heterocycles. The van der Waals surface area contributed by atoms with E-state index in [1.807, 2.05) is 24.3 Å². The zero-order chi connectivity index (χ0) is 20.1. The van der Waals surface area contributed by atoms with Crippen LogP contribution in [0, 0.1) is 11.3 Å². The van der Waals surface area contributed by atoms with Gasteiger partial charge in [0.1, 0.15) is 10.5 Å². The Morgan fingerprint density at radius 1 is 1.32 bits per heavy atom. The number of fused-ring (bicyclic) bond motifs is 1. The maximum atomic E-state index is 12.7. The molecule has 6 nitrogen and oxygen atoms in total. The van der Waals surface area contributed by atoms with E-state index in [9.17, 15) is 14.9 Å². The van der Waals surface area contributed by atoms with E-state index in [2.05, 4.69) is 11.1 Å². The number of amides is 1. The summed E-state index contributed by atoms with van der Waals surface area (Å²) in [4.78, 5) is 30.7. The quantitative estimate of drug-likeness (QED) is 0.564. The van der Waals surface area contributed by atoms with Gasteiger partial charge in [-0.05, 0) is 38.0 Å². The lowest BCUT2D eigenvalue weighted by molar-refractivity contribution is -0.157. The molecule has 146 valence electrons. The average Bonchev–Trinajstić information content (AvgIpc) is 3.14. The van der Waals surface area contributed by atoms with Crippen LogP contribution in [-0.2, 0) is 14.3 Å². The largest absolute Gasteiger partial charge is 0.449 e. The number of rotatable bonds is 5. The molecule has 0 N–H and O–H groups in total. The lowest BCUT2D eigenvalue weighted by Gasteiger charge is -2.39. The minimum absolute atomic E-state index is 0.356. The maximum Gasteiger partial charge on any atom is 0.331 e. The number of hydrogen-bond donors (Lipinski definition) is 0. The minimum atomic E-state index is -0.954. The predicted molar refractivity (Wildman–Crippen MR) is 108 cm³/mol. The van der Waals surface area contributed by atoms with Crippen LogP contribution in [0.5, 0.6) is 0 Å². The van der Waals surface area contributed by atoms with Gasteiger partial charge < -0.3 is 9.64 Å². The molecule has 7 heteroatoms. The number of likely N-dealkylation sites (N-methyl/N-ethyl adjacent to an activating group) is 1. The number of esters is 1. The Morgan fingerprint density at radius 2 is 2.04 bits per heavy atom. The number of para-hydroxylation sites is 1. The second-order valence-electron chi connectivity index (χ2n) is 7.03. The number of thiazole rings is 1. The Morgan fingerprint density at radius 3 is 2.71 bits per heavy atom. The lowest BCUT2D eigenvalue weighted by atomic mass is 9.81. The van der Waals surface area contributed by atoms with E-state index in [0.29, 0.717) is 17.8 Å². The number of aromatic nitrogens is 1. The third-order valence-electron chi connectivity index (χ3n) is 5.17. The molecule has 2 aromatic rings. The number of hydrogen-bond acceptors (Lipinski definition) is 6. The number of carbonyl (C=O) groups is 2. The number of carbonyl (C=O) groups excluding carboxylic acids is 2. The molecule has 0 spiro atoms. The molecule has 1 atom stereocenters. The summed E-state index contributed by atoms with van der Waals surface area (Å²) in [5.41, 5.74) is 0.0762. The van der Waals surface area contributed by atoms with Crippen molar-refractivity contribution in [2.24, 2.45) is 0 Å². The standard InChI is InChI=1S/C21H23N3O3S/c1-15(20(26)24(2)21(14-22)12-6-3-7-13-21)27-19(25)11-10-18-23-16-8-4-5-9-17(16)28-18/h4-5,8-11,15H,3,6-7,12-13H2,1-2H3/b11-10+/t15-/m0/s1. The summed E-state index contributed by atoms with van der Waals surface area (Å²) in [6.45, 7) is 1.54. The van der Waals surface area contributed by atoms with Gasteiger partial charge in [0.2, 0.25) is 0 Å². The van der Waals surface area contributed by atoms with Crippen molar-refractivity contribution in [1.82, 2.24) is 9.88 Å². The van der Waals surface area contributed by atoms with Gasteiger partial charge in [-0.15, -0.1) is 11.3 Å². The van der Waals surface area contributed by atoms with Gasteiger partial charge in [0, 0.05) is 13.1 Å². The van der Waals surface area contributed by atoms with Gasteiger partial charge in [0.25, 0.3) is 5.91 Å². The Balaban J connectivity index is 1.61. The summed E-state index contributed by atoms with van der Waals surface area (Å²) in [6.07, 6.45) is 6.15. The van der Waals surface area contributed by atoms with Crippen molar-refractivity contribution < 1.29 is 14.3 Å². The van der Waals surface area contributed by atoms with E-state index in [4.69, 9.17) is 4.74 Å². The molecule has 3 rings (SSSR count). The number of benzene rings is 1. The van der Waals surface area contributed by atoms with Gasteiger partial charge in [0.05, 0.1) is 16.3 Å². The topological polar surface area (TPSA) is 83.3 Å². The summed E-state index contributed by atoms with van der Waals surface area (Å²) in [6, 6.07) is 10.0. The van der Waals surface area contributed by atoms with Crippen molar-refractivity contribution in [2.75, 3.05) is 7.05 Å². The summed E-state index contributed by atoms with van der Waals surface area (Å²) < 4.78 is 6.30. The van der Waals surface area contributed by atoms with Crippen LogP contribution in [0.25, 0.3) is 16.3 Å². The Labute approximate surface area is 168 Å². The van der Waals surface area contributed by atoms with Gasteiger partial charge in [0.15, 0.2) is 6.10 Å². The van der Waals surface area contributed by atoms with E-state index in [-0.39, 0.29) is 5.91 Å². The predicted octanol–water partition coefficient (Wildman–Crippen LogP) is 3.93. The van der Waals surface area contributed by atoms with E-state index >= 15 is 0 Å². The van der Waals surface area contributed by atoms with Crippen molar-refractivity contribution in [3.63, 3.8) is 0 Å². The van der Waals surface area contributed by atoms with E-state index in [1.54, 1.807) is 13.1 Å². The highest BCUT2D eigenvalue weighted by molar-refractivity contribution is 7.19. The third kappa shape index (κ3) is 4.23. The Hall–Kier alpha value is -2.72. The molecule has 0 bridgehead atoms. The molecule has 1 fully saturated rings. The van der Waals surface area contributed by atoms with Crippen molar-refractivity contribution in [1.29, 1.82) is 5.26 Å². The van der Waals surface area contributed by atoms with E-state index < -0.39 is 17.6 Å². The van der Waals surface area contributed by atoms with Crippen molar-refractivity contribution >= 4 is 39.5 Å². The highest BCUT2D eigenvalue weighted by Gasteiger charge is 2.40. The molecule has 1 amide bonds. The zero-order valence-electron chi connectivity index (χ0n) is 16.1. The van der Waals surface area contributed by atoms with E-state index in [1.165, 1.54) is 29.2 Å². The minimum Gasteiger partial charge on any atom is -0.449 e. The number of nitrogens with zero attached hydrogens (tertiary/aromatic N) is 3. The van der Waals surface area contributed by atoms with Crippen molar-refractivity contribution in [3.05, 3.63) is 35.3 Å². The van der Waals surface area contributed by atoms with Gasteiger partial charge >= 0.3 is 5.97 Å². The fraction of sp³-hybridized carbons (Fsp3) is 0.429. The molecular formula is C21H23N3O3S. The van der Waals surface area contributed by atoms with Gasteiger partial charge in [-0.1, -0.05) is 31.4 Å². The van der Waals surface area contributed by atoms with Crippen LogP contribution in [0.3, 0.4) is 0 Å².